The Hall–Kier alpha value is -1.06. The summed E-state index contributed by atoms with van der Waals surface area (Å²) >= 11 is 6.11. The van der Waals surface area contributed by atoms with E-state index in [1.165, 1.54) is 0 Å². The van der Waals surface area contributed by atoms with Gasteiger partial charge in [-0.15, -0.1) is 0 Å². The second-order valence-corrected chi connectivity index (χ2v) is 5.42. The zero-order valence-electron chi connectivity index (χ0n) is 11.3. The van der Waals surface area contributed by atoms with E-state index >= 15 is 0 Å². The first kappa shape index (κ1) is 15.0. The van der Waals surface area contributed by atoms with Gasteiger partial charge in [-0.25, -0.2) is 0 Å². The smallest absolute Gasteiger partial charge is 0.133 e. The average Bonchev–Trinajstić information content (AvgIpc) is 2.28. The van der Waals surface area contributed by atoms with Crippen LogP contribution in [0.15, 0.2) is 12.1 Å². The van der Waals surface area contributed by atoms with Gasteiger partial charge in [0.15, 0.2) is 0 Å². The van der Waals surface area contributed by atoms with E-state index in [-0.39, 0.29) is 5.41 Å². The molecule has 1 N–H and O–H groups in total. The number of hydrogen-bond donors (Lipinski definition) is 1. The van der Waals surface area contributed by atoms with Crippen molar-refractivity contribution in [2.24, 2.45) is 0 Å². The topological polar surface area (TPSA) is 38.3 Å². The Balaban J connectivity index is 3.09. The van der Waals surface area contributed by atoms with E-state index in [1.807, 2.05) is 19.1 Å². The Kier molecular flexibility index (Phi) is 5.17. The minimum absolute atomic E-state index is 0.163. The number of carbonyl (C=O) groups is 1. The number of benzene rings is 1. The molecule has 0 fully saturated rings. The lowest BCUT2D eigenvalue weighted by molar-refractivity contribution is -0.107. The predicted molar refractivity (Wildman–Crippen MR) is 74.7 cm³/mol. The van der Waals surface area contributed by atoms with E-state index in [2.05, 4.69) is 19.2 Å². The molecule has 1 aromatic rings. The molecular formula is C14H20ClNO2. The monoisotopic (exact) mass is 269 g/mol. The SMILES string of the molecule is COc1c(C)cc(Cl)cc1C(C)(C)CNCC=O. The van der Waals surface area contributed by atoms with E-state index < -0.39 is 0 Å². The van der Waals surface area contributed by atoms with Crippen LogP contribution in [-0.4, -0.2) is 26.5 Å². The van der Waals surface area contributed by atoms with E-state index in [9.17, 15) is 4.79 Å². The van der Waals surface area contributed by atoms with Crippen molar-refractivity contribution in [3.05, 3.63) is 28.3 Å². The molecule has 0 aliphatic carbocycles. The predicted octanol–water partition coefficient (Wildman–Crippen LogP) is 2.72. The lowest BCUT2D eigenvalue weighted by atomic mass is 9.83. The molecule has 4 heteroatoms. The van der Waals surface area contributed by atoms with Crippen LogP contribution < -0.4 is 10.1 Å². The lowest BCUT2D eigenvalue weighted by Gasteiger charge is -2.28. The van der Waals surface area contributed by atoms with Crippen LogP contribution in [-0.2, 0) is 10.2 Å². The van der Waals surface area contributed by atoms with Crippen molar-refractivity contribution >= 4 is 17.9 Å². The fourth-order valence-corrected chi connectivity index (χ4v) is 2.32. The summed E-state index contributed by atoms with van der Waals surface area (Å²) in [5.74, 6) is 0.859. The Morgan fingerprint density at radius 2 is 2.11 bits per heavy atom. The molecule has 0 saturated carbocycles. The molecule has 0 aliphatic heterocycles. The van der Waals surface area contributed by atoms with Crippen molar-refractivity contribution in [1.29, 1.82) is 0 Å². The van der Waals surface area contributed by atoms with Gasteiger partial charge in [0.25, 0.3) is 0 Å². The normalized spacial score (nSPS) is 11.4. The van der Waals surface area contributed by atoms with Crippen LogP contribution in [0.5, 0.6) is 5.75 Å². The zero-order valence-corrected chi connectivity index (χ0v) is 12.1. The van der Waals surface area contributed by atoms with Crippen molar-refractivity contribution in [2.75, 3.05) is 20.2 Å². The van der Waals surface area contributed by atoms with Gasteiger partial charge in [-0.2, -0.15) is 0 Å². The summed E-state index contributed by atoms with van der Waals surface area (Å²) in [6.45, 7) is 7.20. The number of ether oxygens (including phenoxy) is 1. The Morgan fingerprint density at radius 3 is 2.67 bits per heavy atom. The van der Waals surface area contributed by atoms with Crippen LogP contribution in [0.3, 0.4) is 0 Å². The number of carbonyl (C=O) groups excluding carboxylic acids is 1. The second-order valence-electron chi connectivity index (χ2n) is 4.98. The molecular weight excluding hydrogens is 250 g/mol. The number of methoxy groups -OCH3 is 1. The van der Waals surface area contributed by atoms with E-state index in [1.54, 1.807) is 7.11 Å². The minimum atomic E-state index is -0.163. The molecule has 0 spiro atoms. The third-order valence-electron chi connectivity index (χ3n) is 2.97. The molecule has 3 nitrogen and oxygen atoms in total. The maximum atomic E-state index is 10.4. The molecule has 0 bridgehead atoms. The van der Waals surface area contributed by atoms with Crippen molar-refractivity contribution in [1.82, 2.24) is 5.32 Å². The van der Waals surface area contributed by atoms with Gasteiger partial charge >= 0.3 is 0 Å². The van der Waals surface area contributed by atoms with Gasteiger partial charge in [0.05, 0.1) is 13.7 Å². The summed E-state index contributed by atoms with van der Waals surface area (Å²) in [6, 6.07) is 3.81. The standard InChI is InChI=1S/C14H20ClNO2/c1-10-7-11(15)8-12(13(10)18-4)14(2,3)9-16-5-6-17/h6-8,16H,5,9H2,1-4H3. The van der Waals surface area contributed by atoms with Gasteiger partial charge in [-0.1, -0.05) is 25.4 Å². The molecule has 0 aromatic heterocycles. The zero-order chi connectivity index (χ0) is 13.8. The third kappa shape index (κ3) is 3.47. The van der Waals surface area contributed by atoms with E-state index in [0.29, 0.717) is 18.1 Å². The molecule has 0 heterocycles. The molecule has 0 atom stereocenters. The van der Waals surface area contributed by atoms with E-state index in [4.69, 9.17) is 16.3 Å². The quantitative estimate of drug-likeness (QED) is 0.637. The number of aryl methyl sites for hydroxylation is 1. The third-order valence-corrected chi connectivity index (χ3v) is 3.19. The maximum Gasteiger partial charge on any atom is 0.133 e. The number of nitrogens with one attached hydrogen (secondary N) is 1. The lowest BCUT2D eigenvalue weighted by Crippen LogP contribution is -2.34. The molecule has 0 saturated heterocycles. The molecule has 1 rings (SSSR count). The van der Waals surface area contributed by atoms with Gasteiger partial charge < -0.3 is 14.8 Å². The first-order valence-electron chi connectivity index (χ1n) is 5.91. The Labute approximate surface area is 113 Å². The summed E-state index contributed by atoms with van der Waals surface area (Å²) in [7, 11) is 1.66. The fourth-order valence-electron chi connectivity index (χ4n) is 2.04. The van der Waals surface area contributed by atoms with Gasteiger partial charge in [-0.05, 0) is 24.6 Å². The summed E-state index contributed by atoms with van der Waals surface area (Å²) in [5, 5.41) is 3.80. The van der Waals surface area contributed by atoms with Crippen molar-refractivity contribution in [2.45, 2.75) is 26.2 Å². The molecule has 0 aliphatic rings. The van der Waals surface area contributed by atoms with Gasteiger partial charge in [-0.3, -0.25) is 0 Å². The van der Waals surface area contributed by atoms with Crippen molar-refractivity contribution in [3.63, 3.8) is 0 Å². The van der Waals surface area contributed by atoms with Crippen LogP contribution in [0.25, 0.3) is 0 Å². The maximum absolute atomic E-state index is 10.4. The summed E-state index contributed by atoms with van der Waals surface area (Å²) in [6.07, 6.45) is 0.858. The van der Waals surface area contributed by atoms with Crippen molar-refractivity contribution in [3.8, 4) is 5.75 Å². The molecule has 0 amide bonds. The van der Waals surface area contributed by atoms with Gasteiger partial charge in [0.1, 0.15) is 12.0 Å². The highest BCUT2D eigenvalue weighted by Gasteiger charge is 2.25. The van der Waals surface area contributed by atoms with Gasteiger partial charge in [0, 0.05) is 22.5 Å². The highest BCUT2D eigenvalue weighted by molar-refractivity contribution is 6.30. The first-order chi connectivity index (χ1) is 8.42. The fraction of sp³-hybridized carbons (Fsp3) is 0.500. The Bertz CT molecular complexity index is 430. The van der Waals surface area contributed by atoms with Gasteiger partial charge in [0.2, 0.25) is 0 Å². The summed E-state index contributed by atoms with van der Waals surface area (Å²) < 4.78 is 5.47. The number of hydrogen-bond acceptors (Lipinski definition) is 3. The van der Waals surface area contributed by atoms with Crippen LogP contribution in [0, 0.1) is 6.92 Å². The average molecular weight is 270 g/mol. The summed E-state index contributed by atoms with van der Waals surface area (Å²) in [5.41, 5.74) is 1.90. The molecule has 1 aromatic carbocycles. The highest BCUT2D eigenvalue weighted by Crippen LogP contribution is 2.36. The molecule has 18 heavy (non-hydrogen) atoms. The molecule has 100 valence electrons. The van der Waals surface area contributed by atoms with Crippen LogP contribution in [0.1, 0.15) is 25.0 Å². The van der Waals surface area contributed by atoms with Crippen LogP contribution in [0.4, 0.5) is 0 Å². The largest absolute Gasteiger partial charge is 0.496 e. The van der Waals surface area contributed by atoms with E-state index in [0.717, 1.165) is 23.2 Å². The second kappa shape index (κ2) is 6.21. The molecule has 0 radical (unpaired) electrons. The number of rotatable bonds is 6. The Morgan fingerprint density at radius 1 is 1.44 bits per heavy atom. The number of halogens is 1. The summed E-state index contributed by atoms with van der Waals surface area (Å²) in [4.78, 5) is 10.4. The minimum Gasteiger partial charge on any atom is -0.496 e. The number of aldehydes is 1. The molecule has 0 unspecified atom stereocenters. The first-order valence-corrected chi connectivity index (χ1v) is 6.29. The van der Waals surface area contributed by atoms with Crippen LogP contribution >= 0.6 is 11.6 Å². The van der Waals surface area contributed by atoms with Crippen molar-refractivity contribution < 1.29 is 9.53 Å². The highest BCUT2D eigenvalue weighted by atomic mass is 35.5. The van der Waals surface area contributed by atoms with Crippen LogP contribution in [0.2, 0.25) is 5.02 Å².